The van der Waals surface area contributed by atoms with Gasteiger partial charge in [0, 0.05) is 31.8 Å². The van der Waals surface area contributed by atoms with Crippen LogP contribution in [-0.2, 0) is 31.6 Å². The van der Waals surface area contributed by atoms with Gasteiger partial charge in [-0.25, -0.2) is 23.0 Å². The lowest BCUT2D eigenvalue weighted by Crippen LogP contribution is -2.33. The van der Waals surface area contributed by atoms with Crippen LogP contribution in [0.15, 0.2) is 36.8 Å². The van der Waals surface area contributed by atoms with Gasteiger partial charge in [-0.2, -0.15) is 0 Å². The lowest BCUT2D eigenvalue weighted by atomic mass is 10.1. The molecule has 5 N–H and O–H groups in total. The second-order valence-corrected chi connectivity index (χ2v) is 15.0. The van der Waals surface area contributed by atoms with Gasteiger partial charge in [-0.3, -0.25) is 13.7 Å². The standard InChI is InChI=1S/C20H26FN4O10P3/c1-36(28,29)34-38(3,31)35-37(2,30)32-9-14-16(26)17(27)20(33-14)25-8-13(11-4-6-12(21)7-5-11)15-18(22)23-10-24-19(15)25/h4-8,10,14,16-17,20,26-27H,9H2,1-3H3,(H,28,29)(H2,22,23,24). The second kappa shape index (κ2) is 10.5. The monoisotopic (exact) mass is 594 g/mol. The number of halogens is 1. The number of anilines is 1. The molecule has 0 radical (unpaired) electrons. The highest BCUT2D eigenvalue weighted by Gasteiger charge is 2.46. The average molecular weight is 594 g/mol. The minimum absolute atomic E-state index is 0.121. The number of rotatable bonds is 9. The van der Waals surface area contributed by atoms with Crippen molar-refractivity contribution in [3.8, 4) is 11.1 Å². The molecule has 18 heteroatoms. The van der Waals surface area contributed by atoms with Crippen molar-refractivity contribution in [2.24, 2.45) is 0 Å². The smallest absolute Gasteiger partial charge is 0.341 e. The molecular weight excluding hydrogens is 568 g/mol. The van der Waals surface area contributed by atoms with E-state index in [1.54, 1.807) is 6.20 Å². The maximum Gasteiger partial charge on any atom is 0.341 e. The van der Waals surface area contributed by atoms with Gasteiger partial charge >= 0.3 is 22.8 Å². The molecule has 14 nitrogen and oxygen atoms in total. The van der Waals surface area contributed by atoms with Crippen molar-refractivity contribution in [1.29, 1.82) is 0 Å². The summed E-state index contributed by atoms with van der Waals surface area (Å²) in [5, 5.41) is 21.8. The molecular formula is C20H26FN4O10P3. The van der Waals surface area contributed by atoms with E-state index in [0.29, 0.717) is 16.5 Å². The molecule has 1 aliphatic heterocycles. The molecule has 208 valence electrons. The molecule has 3 aromatic rings. The number of aromatic nitrogens is 3. The van der Waals surface area contributed by atoms with E-state index in [1.165, 1.54) is 35.2 Å². The van der Waals surface area contributed by atoms with Crippen LogP contribution in [0.3, 0.4) is 0 Å². The summed E-state index contributed by atoms with van der Waals surface area (Å²) in [4.78, 5) is 17.5. The Morgan fingerprint density at radius 2 is 1.71 bits per heavy atom. The largest absolute Gasteiger partial charge is 0.387 e. The van der Waals surface area contributed by atoms with Gasteiger partial charge in [0.05, 0.1) is 12.0 Å². The van der Waals surface area contributed by atoms with Gasteiger partial charge in [0.1, 0.15) is 41.9 Å². The van der Waals surface area contributed by atoms with Crippen LogP contribution in [0.2, 0.25) is 0 Å². The maximum absolute atomic E-state index is 13.5. The summed E-state index contributed by atoms with van der Waals surface area (Å²) in [6, 6.07) is 5.59. The Hall–Kier alpha value is -2.02. The van der Waals surface area contributed by atoms with E-state index in [2.05, 4.69) is 14.3 Å². The van der Waals surface area contributed by atoms with Crippen molar-refractivity contribution < 1.29 is 51.1 Å². The van der Waals surface area contributed by atoms with E-state index in [-0.39, 0.29) is 11.5 Å². The van der Waals surface area contributed by atoms with Gasteiger partial charge in [-0.1, -0.05) is 12.1 Å². The third-order valence-corrected chi connectivity index (χ3v) is 10.9. The quantitative estimate of drug-likeness (QED) is 0.263. The molecule has 0 spiro atoms. The van der Waals surface area contributed by atoms with Crippen LogP contribution in [0.1, 0.15) is 6.23 Å². The van der Waals surface area contributed by atoms with Crippen molar-refractivity contribution in [2.45, 2.75) is 24.5 Å². The van der Waals surface area contributed by atoms with Crippen LogP contribution in [0.4, 0.5) is 10.2 Å². The summed E-state index contributed by atoms with van der Waals surface area (Å²) >= 11 is 0. The number of nitrogens with zero attached hydrogens (tertiary/aromatic N) is 3. The van der Waals surface area contributed by atoms with Gasteiger partial charge in [0.15, 0.2) is 6.23 Å². The minimum atomic E-state index is -4.25. The highest BCUT2D eigenvalue weighted by Crippen LogP contribution is 2.67. The number of fused-ring (bicyclic) bond motifs is 1. The lowest BCUT2D eigenvalue weighted by molar-refractivity contribution is -0.0478. The van der Waals surface area contributed by atoms with Gasteiger partial charge in [0.2, 0.25) is 0 Å². The molecule has 38 heavy (non-hydrogen) atoms. The Bertz CT molecular complexity index is 1480. The van der Waals surface area contributed by atoms with Crippen LogP contribution in [0.5, 0.6) is 0 Å². The fourth-order valence-corrected chi connectivity index (χ4v) is 9.39. The zero-order valence-electron chi connectivity index (χ0n) is 20.3. The number of nitrogen functional groups attached to an aromatic ring is 1. The van der Waals surface area contributed by atoms with Crippen LogP contribution >= 0.6 is 22.8 Å². The summed E-state index contributed by atoms with van der Waals surface area (Å²) in [6.45, 7) is 2.01. The van der Waals surface area contributed by atoms with E-state index in [4.69, 9.17) is 19.3 Å². The Kier molecular flexibility index (Phi) is 8.02. The first-order valence-corrected chi connectivity index (χ1v) is 17.0. The van der Waals surface area contributed by atoms with Crippen molar-refractivity contribution in [1.82, 2.24) is 14.5 Å². The van der Waals surface area contributed by atoms with Crippen LogP contribution in [-0.4, -0.2) is 74.6 Å². The summed E-state index contributed by atoms with van der Waals surface area (Å²) in [5.41, 5.74) is 7.45. The molecule has 0 bridgehead atoms. The number of aliphatic hydroxyl groups excluding tert-OH is 2. The summed E-state index contributed by atoms with van der Waals surface area (Å²) < 4.78 is 71.6. The Balaban J connectivity index is 1.57. The molecule has 2 aromatic heterocycles. The summed E-state index contributed by atoms with van der Waals surface area (Å²) in [6.07, 6.45) is -2.70. The molecule has 0 saturated carbocycles. The zero-order chi connectivity index (χ0) is 28.0. The predicted octanol–water partition coefficient (Wildman–Crippen LogP) is 2.95. The normalized spacial score (nSPS) is 26.6. The molecule has 0 aliphatic carbocycles. The molecule has 1 saturated heterocycles. The highest BCUT2D eigenvalue weighted by atomic mass is 31.3. The second-order valence-electron chi connectivity index (χ2n) is 8.77. The zero-order valence-corrected chi connectivity index (χ0v) is 23.0. The first kappa shape index (κ1) is 29.0. The minimum Gasteiger partial charge on any atom is -0.387 e. The number of nitrogens with two attached hydrogens (primary N) is 1. The van der Waals surface area contributed by atoms with Crippen LogP contribution < -0.4 is 5.73 Å². The van der Waals surface area contributed by atoms with Crippen molar-refractivity contribution in [3.63, 3.8) is 0 Å². The van der Waals surface area contributed by atoms with Crippen molar-refractivity contribution in [2.75, 3.05) is 32.3 Å². The lowest BCUT2D eigenvalue weighted by Gasteiger charge is -2.22. The predicted molar refractivity (Wildman–Crippen MR) is 134 cm³/mol. The summed E-state index contributed by atoms with van der Waals surface area (Å²) in [5.74, 6) is -0.318. The van der Waals surface area contributed by atoms with E-state index < -0.39 is 59.8 Å². The van der Waals surface area contributed by atoms with Crippen LogP contribution in [0, 0.1) is 5.82 Å². The Morgan fingerprint density at radius 1 is 1.05 bits per heavy atom. The molecule has 7 unspecified atom stereocenters. The number of benzene rings is 1. The fraction of sp³-hybridized carbons (Fsp3) is 0.400. The molecule has 0 amide bonds. The van der Waals surface area contributed by atoms with Gasteiger partial charge in [0.25, 0.3) is 0 Å². The highest BCUT2D eigenvalue weighted by molar-refractivity contribution is 7.71. The third kappa shape index (κ3) is 6.40. The summed E-state index contributed by atoms with van der Waals surface area (Å²) in [7, 11) is -12.6. The first-order valence-electron chi connectivity index (χ1n) is 11.0. The Morgan fingerprint density at radius 3 is 2.34 bits per heavy atom. The van der Waals surface area contributed by atoms with Gasteiger partial charge < -0.3 is 34.7 Å². The van der Waals surface area contributed by atoms with Gasteiger partial charge in [-0.05, 0) is 17.7 Å². The molecule has 4 rings (SSSR count). The van der Waals surface area contributed by atoms with Crippen molar-refractivity contribution >= 4 is 39.6 Å². The number of hydrogen-bond donors (Lipinski definition) is 4. The van der Waals surface area contributed by atoms with E-state index >= 15 is 0 Å². The average Bonchev–Trinajstić information content (AvgIpc) is 3.29. The SMILES string of the molecule is CP(=O)(O)OP(C)(=O)OP(C)(=O)OCC1OC(n2cc(-c3ccc(F)cc3)c3c(N)ncnc32)C(O)C1O. The maximum atomic E-state index is 13.5. The Labute approximate surface area is 216 Å². The third-order valence-electron chi connectivity index (χ3n) is 5.48. The molecule has 1 aromatic carbocycles. The van der Waals surface area contributed by atoms with Crippen LogP contribution in [0.25, 0.3) is 22.2 Å². The van der Waals surface area contributed by atoms with E-state index in [9.17, 15) is 33.2 Å². The van der Waals surface area contributed by atoms with Crippen molar-refractivity contribution in [3.05, 3.63) is 42.6 Å². The topological polar surface area (TPSA) is 206 Å². The number of hydrogen-bond acceptors (Lipinski definition) is 12. The van der Waals surface area contributed by atoms with Gasteiger partial charge in [-0.15, -0.1) is 0 Å². The fourth-order valence-electron chi connectivity index (χ4n) is 4.04. The molecule has 3 heterocycles. The molecule has 1 aliphatic rings. The molecule has 1 fully saturated rings. The first-order chi connectivity index (χ1) is 17.6. The number of ether oxygens (including phenoxy) is 1. The van der Waals surface area contributed by atoms with E-state index in [0.717, 1.165) is 20.0 Å². The molecule has 7 atom stereocenters. The van der Waals surface area contributed by atoms with E-state index in [1.807, 2.05) is 0 Å². The number of aliphatic hydroxyl groups is 2.